The number of aromatic nitrogens is 3. The Morgan fingerprint density at radius 3 is 3.06 bits per heavy atom. The Labute approximate surface area is 97.5 Å². The summed E-state index contributed by atoms with van der Waals surface area (Å²) < 4.78 is 30.8. The van der Waals surface area contributed by atoms with Crippen molar-refractivity contribution in [3.8, 4) is 0 Å². The molecule has 2 aromatic heterocycles. The zero-order valence-electron chi connectivity index (χ0n) is 8.83. The molecular formula is C9H10N4O3S. The molecule has 2 aromatic rings. The van der Waals surface area contributed by atoms with Gasteiger partial charge in [-0.3, -0.25) is 0 Å². The first-order valence-corrected chi connectivity index (χ1v) is 6.53. The molecule has 3 heterocycles. The van der Waals surface area contributed by atoms with Crippen LogP contribution >= 0.6 is 0 Å². The fraction of sp³-hybridized carbons (Fsp3) is 0.333. The van der Waals surface area contributed by atoms with Crippen LogP contribution < -0.4 is 0 Å². The lowest BCUT2D eigenvalue weighted by atomic mass is 10.1. The Hall–Kier alpha value is -1.67. The van der Waals surface area contributed by atoms with Crippen LogP contribution in [-0.2, 0) is 23.0 Å². The summed E-state index contributed by atoms with van der Waals surface area (Å²) in [4.78, 5) is 6.34. The molecule has 1 aliphatic rings. The van der Waals surface area contributed by atoms with Gasteiger partial charge in [-0.1, -0.05) is 5.16 Å². The molecule has 0 saturated carbocycles. The van der Waals surface area contributed by atoms with E-state index in [0.29, 0.717) is 19.5 Å². The predicted molar refractivity (Wildman–Crippen MR) is 56.4 cm³/mol. The number of aromatic amines is 1. The van der Waals surface area contributed by atoms with Crippen molar-refractivity contribution in [2.24, 2.45) is 0 Å². The number of imidazole rings is 1. The van der Waals surface area contributed by atoms with E-state index in [4.69, 9.17) is 4.52 Å². The molecule has 0 aliphatic carbocycles. The van der Waals surface area contributed by atoms with E-state index < -0.39 is 10.0 Å². The van der Waals surface area contributed by atoms with E-state index in [-0.39, 0.29) is 5.03 Å². The minimum atomic E-state index is -3.49. The average molecular weight is 254 g/mol. The van der Waals surface area contributed by atoms with Crippen molar-refractivity contribution in [3.63, 3.8) is 0 Å². The monoisotopic (exact) mass is 254 g/mol. The summed E-state index contributed by atoms with van der Waals surface area (Å²) in [5.74, 6) is 0.765. The van der Waals surface area contributed by atoms with Crippen molar-refractivity contribution in [2.45, 2.75) is 18.0 Å². The molecule has 0 bridgehead atoms. The summed E-state index contributed by atoms with van der Waals surface area (Å²) >= 11 is 0. The fourth-order valence-corrected chi connectivity index (χ4v) is 3.16. The van der Waals surface area contributed by atoms with Gasteiger partial charge < -0.3 is 9.51 Å². The molecule has 7 nitrogen and oxygen atoms in total. The number of fused-ring (bicyclic) bond motifs is 1. The normalized spacial score (nSPS) is 16.9. The van der Waals surface area contributed by atoms with Crippen LogP contribution in [0.15, 0.2) is 28.3 Å². The molecule has 0 aromatic carbocycles. The van der Waals surface area contributed by atoms with Crippen LogP contribution in [0.2, 0.25) is 0 Å². The Kier molecular flexibility index (Phi) is 2.26. The van der Waals surface area contributed by atoms with Crippen molar-refractivity contribution >= 4 is 10.0 Å². The van der Waals surface area contributed by atoms with E-state index in [2.05, 4.69) is 15.1 Å². The summed E-state index contributed by atoms with van der Waals surface area (Å²) in [6.45, 7) is 0.684. The van der Waals surface area contributed by atoms with Crippen LogP contribution in [-0.4, -0.2) is 34.4 Å². The first-order chi connectivity index (χ1) is 8.18. The number of hydrogen-bond acceptors (Lipinski definition) is 5. The number of nitrogens with one attached hydrogen (secondary N) is 1. The van der Waals surface area contributed by atoms with Crippen LogP contribution in [0.1, 0.15) is 11.3 Å². The summed E-state index contributed by atoms with van der Waals surface area (Å²) in [5, 5.41) is 3.78. The molecule has 1 aliphatic heterocycles. The lowest BCUT2D eigenvalue weighted by Gasteiger charge is -2.23. The summed E-state index contributed by atoms with van der Waals surface area (Å²) in [6.07, 6.45) is 4.76. The molecule has 17 heavy (non-hydrogen) atoms. The first-order valence-electron chi connectivity index (χ1n) is 5.09. The van der Waals surface area contributed by atoms with Crippen LogP contribution in [0.4, 0.5) is 0 Å². The summed E-state index contributed by atoms with van der Waals surface area (Å²) in [6, 6.07) is 0. The largest absolute Gasteiger partial charge is 0.361 e. The molecule has 90 valence electrons. The van der Waals surface area contributed by atoms with Crippen LogP contribution in [0, 0.1) is 0 Å². The molecule has 0 amide bonds. The van der Waals surface area contributed by atoms with Gasteiger partial charge in [0.2, 0.25) is 0 Å². The standard InChI is InChI=1S/C9H10N4O3S/c14-17(15,9-4-10-6-11-9)13-2-1-8-7(5-13)3-12-16-8/h3-4,6H,1-2,5H2,(H,10,11). The predicted octanol–water partition coefficient (Wildman–Crippen LogP) is 0.145. The van der Waals surface area contributed by atoms with Gasteiger partial charge in [-0.15, -0.1) is 0 Å². The van der Waals surface area contributed by atoms with Gasteiger partial charge in [-0.25, -0.2) is 13.4 Å². The van der Waals surface area contributed by atoms with Gasteiger partial charge in [0.25, 0.3) is 10.0 Å². The summed E-state index contributed by atoms with van der Waals surface area (Å²) in [7, 11) is -3.49. The highest BCUT2D eigenvalue weighted by atomic mass is 32.2. The second-order valence-corrected chi connectivity index (χ2v) is 5.69. The molecule has 0 radical (unpaired) electrons. The Bertz CT molecular complexity index is 616. The number of hydrogen-bond donors (Lipinski definition) is 1. The number of sulfonamides is 1. The van der Waals surface area contributed by atoms with Crippen LogP contribution in [0.3, 0.4) is 0 Å². The Morgan fingerprint density at radius 1 is 1.41 bits per heavy atom. The molecule has 0 spiro atoms. The minimum Gasteiger partial charge on any atom is -0.361 e. The van der Waals surface area contributed by atoms with Crippen molar-refractivity contribution in [1.29, 1.82) is 0 Å². The third kappa shape index (κ3) is 1.65. The highest BCUT2D eigenvalue weighted by Crippen LogP contribution is 2.23. The quantitative estimate of drug-likeness (QED) is 0.823. The molecule has 0 unspecified atom stereocenters. The third-order valence-corrected chi connectivity index (χ3v) is 4.53. The minimum absolute atomic E-state index is 0.109. The van der Waals surface area contributed by atoms with E-state index in [1.165, 1.54) is 16.8 Å². The first kappa shape index (κ1) is 10.5. The maximum absolute atomic E-state index is 12.2. The van der Waals surface area contributed by atoms with E-state index in [0.717, 1.165) is 11.3 Å². The SMILES string of the molecule is O=S(=O)(c1cnc[nH]1)N1CCc2oncc2C1. The smallest absolute Gasteiger partial charge is 0.260 e. The van der Waals surface area contributed by atoms with Crippen LogP contribution in [0.5, 0.6) is 0 Å². The molecule has 8 heteroatoms. The zero-order chi connectivity index (χ0) is 11.9. The topological polar surface area (TPSA) is 92.1 Å². The molecular weight excluding hydrogens is 244 g/mol. The second kappa shape index (κ2) is 3.67. The van der Waals surface area contributed by atoms with Gasteiger partial charge in [0, 0.05) is 25.1 Å². The number of H-pyrrole nitrogens is 1. The maximum atomic E-state index is 12.2. The van der Waals surface area contributed by atoms with Crippen molar-refractivity contribution < 1.29 is 12.9 Å². The van der Waals surface area contributed by atoms with Gasteiger partial charge in [0.05, 0.1) is 18.7 Å². The van der Waals surface area contributed by atoms with Gasteiger partial charge in [-0.2, -0.15) is 4.31 Å². The Balaban J connectivity index is 1.93. The molecule has 0 fully saturated rings. The zero-order valence-corrected chi connectivity index (χ0v) is 9.64. The lowest BCUT2D eigenvalue weighted by molar-refractivity contribution is 0.330. The fourth-order valence-electron chi connectivity index (χ4n) is 1.84. The van der Waals surface area contributed by atoms with Gasteiger partial charge in [-0.05, 0) is 0 Å². The van der Waals surface area contributed by atoms with E-state index >= 15 is 0 Å². The number of rotatable bonds is 2. The highest BCUT2D eigenvalue weighted by Gasteiger charge is 2.30. The van der Waals surface area contributed by atoms with E-state index in [1.807, 2.05) is 0 Å². The summed E-state index contributed by atoms with van der Waals surface area (Å²) in [5.41, 5.74) is 0.819. The van der Waals surface area contributed by atoms with Crippen molar-refractivity contribution in [1.82, 2.24) is 19.4 Å². The average Bonchev–Trinajstić information content (AvgIpc) is 2.99. The van der Waals surface area contributed by atoms with Gasteiger partial charge in [0.1, 0.15) is 5.76 Å². The van der Waals surface area contributed by atoms with E-state index in [1.54, 1.807) is 6.20 Å². The van der Waals surface area contributed by atoms with Gasteiger partial charge in [0.15, 0.2) is 5.03 Å². The molecule has 0 saturated heterocycles. The van der Waals surface area contributed by atoms with Crippen LogP contribution in [0.25, 0.3) is 0 Å². The second-order valence-electron chi connectivity index (χ2n) is 3.78. The number of nitrogens with zero attached hydrogens (tertiary/aromatic N) is 3. The maximum Gasteiger partial charge on any atom is 0.260 e. The Morgan fingerprint density at radius 2 is 2.29 bits per heavy atom. The molecule has 0 atom stereocenters. The van der Waals surface area contributed by atoms with Crippen molar-refractivity contribution in [2.75, 3.05) is 6.54 Å². The van der Waals surface area contributed by atoms with Gasteiger partial charge >= 0.3 is 0 Å². The highest BCUT2D eigenvalue weighted by molar-refractivity contribution is 7.89. The third-order valence-electron chi connectivity index (χ3n) is 2.76. The lowest BCUT2D eigenvalue weighted by Crippen LogP contribution is -2.35. The van der Waals surface area contributed by atoms with Crippen molar-refractivity contribution in [3.05, 3.63) is 30.0 Å². The molecule has 1 N–H and O–H groups in total. The molecule has 3 rings (SSSR count). The van der Waals surface area contributed by atoms with E-state index in [9.17, 15) is 8.42 Å².